The molecule has 4 rings (SSSR count). The summed E-state index contributed by atoms with van der Waals surface area (Å²) in [6.45, 7) is 4.07. The molecule has 2 heterocycles. The van der Waals surface area contributed by atoms with Crippen molar-refractivity contribution in [2.45, 2.75) is 30.7 Å². The molecule has 5 nitrogen and oxygen atoms in total. The number of pyridine rings is 1. The Morgan fingerprint density at radius 3 is 2.59 bits per heavy atom. The first-order chi connectivity index (χ1) is 12.8. The van der Waals surface area contributed by atoms with Crippen LogP contribution < -0.4 is 5.32 Å². The van der Waals surface area contributed by atoms with Crippen LogP contribution in [0.3, 0.4) is 0 Å². The number of fused-ring (bicyclic) bond motifs is 3. The standard InChI is InChI=1S/C21H19N3O2S/c1-21(2,15-6-4-3-5-7-15)24-20-14(12-22)13-23-17-8-9-18-16(19(17)20)10-11-27(18,25)26/h3-9,13H,10-11H2,1-2H3,(H,23,24). The van der Waals surface area contributed by atoms with Crippen molar-refractivity contribution < 1.29 is 8.42 Å². The minimum atomic E-state index is -3.27. The Balaban J connectivity index is 1.97. The first kappa shape index (κ1) is 17.5. The number of rotatable bonds is 3. The van der Waals surface area contributed by atoms with E-state index in [0.717, 1.165) is 16.5 Å². The summed E-state index contributed by atoms with van der Waals surface area (Å²) in [6, 6.07) is 15.5. The van der Waals surface area contributed by atoms with Gasteiger partial charge in [-0.25, -0.2) is 8.42 Å². The van der Waals surface area contributed by atoms with E-state index in [1.807, 2.05) is 44.2 Å². The number of aromatic nitrogens is 1. The van der Waals surface area contributed by atoms with Gasteiger partial charge in [0, 0.05) is 11.6 Å². The predicted molar refractivity (Wildman–Crippen MR) is 105 cm³/mol. The third kappa shape index (κ3) is 2.84. The molecular formula is C21H19N3O2S. The smallest absolute Gasteiger partial charge is 0.179 e. The van der Waals surface area contributed by atoms with E-state index in [2.05, 4.69) is 16.4 Å². The second kappa shape index (κ2) is 6.07. The van der Waals surface area contributed by atoms with Crippen LogP contribution in [0.2, 0.25) is 0 Å². The molecule has 1 aliphatic rings. The van der Waals surface area contributed by atoms with Gasteiger partial charge >= 0.3 is 0 Å². The van der Waals surface area contributed by atoms with Crippen LogP contribution in [0.5, 0.6) is 0 Å². The van der Waals surface area contributed by atoms with E-state index in [-0.39, 0.29) is 5.75 Å². The van der Waals surface area contributed by atoms with Crippen molar-refractivity contribution in [3.63, 3.8) is 0 Å². The fourth-order valence-corrected chi connectivity index (χ4v) is 5.22. The molecule has 0 atom stereocenters. The molecule has 3 aromatic rings. The van der Waals surface area contributed by atoms with Crippen molar-refractivity contribution in [3.8, 4) is 6.07 Å². The number of nitriles is 1. The molecule has 136 valence electrons. The average molecular weight is 377 g/mol. The van der Waals surface area contributed by atoms with Crippen molar-refractivity contribution in [2.24, 2.45) is 0 Å². The Kier molecular flexibility index (Phi) is 3.93. The van der Waals surface area contributed by atoms with E-state index in [0.29, 0.717) is 28.1 Å². The highest BCUT2D eigenvalue weighted by atomic mass is 32.2. The van der Waals surface area contributed by atoms with Gasteiger partial charge in [-0.3, -0.25) is 4.98 Å². The maximum Gasteiger partial charge on any atom is 0.179 e. The Morgan fingerprint density at radius 2 is 1.89 bits per heavy atom. The van der Waals surface area contributed by atoms with Gasteiger partial charge in [-0.1, -0.05) is 30.3 Å². The number of anilines is 1. The van der Waals surface area contributed by atoms with Gasteiger partial charge in [0.15, 0.2) is 9.84 Å². The molecule has 27 heavy (non-hydrogen) atoms. The number of hydrogen-bond donors (Lipinski definition) is 1. The Hall–Kier alpha value is -2.91. The van der Waals surface area contributed by atoms with Gasteiger partial charge in [-0.05, 0) is 43.5 Å². The largest absolute Gasteiger partial charge is 0.374 e. The fourth-order valence-electron chi connectivity index (χ4n) is 3.68. The van der Waals surface area contributed by atoms with E-state index in [9.17, 15) is 13.7 Å². The van der Waals surface area contributed by atoms with Gasteiger partial charge < -0.3 is 5.32 Å². The second-order valence-corrected chi connectivity index (χ2v) is 9.36. The lowest BCUT2D eigenvalue weighted by Gasteiger charge is -2.29. The molecule has 0 bridgehead atoms. The topological polar surface area (TPSA) is 82.8 Å². The van der Waals surface area contributed by atoms with Crippen molar-refractivity contribution in [1.29, 1.82) is 5.26 Å². The van der Waals surface area contributed by atoms with Crippen LogP contribution in [0.1, 0.15) is 30.5 Å². The van der Waals surface area contributed by atoms with Crippen LogP contribution in [-0.2, 0) is 21.8 Å². The molecule has 0 saturated heterocycles. The van der Waals surface area contributed by atoms with Crippen LogP contribution in [0.15, 0.2) is 53.6 Å². The molecule has 6 heteroatoms. The normalized spacial score (nSPS) is 15.3. The van der Waals surface area contributed by atoms with Gasteiger partial charge in [0.2, 0.25) is 0 Å². The van der Waals surface area contributed by atoms with Gasteiger partial charge in [-0.2, -0.15) is 5.26 Å². The minimum absolute atomic E-state index is 0.0970. The van der Waals surface area contributed by atoms with E-state index < -0.39 is 15.4 Å². The first-order valence-corrected chi connectivity index (χ1v) is 10.4. The Bertz CT molecular complexity index is 1190. The zero-order chi connectivity index (χ0) is 19.2. The Morgan fingerprint density at radius 1 is 1.15 bits per heavy atom. The number of benzene rings is 2. The van der Waals surface area contributed by atoms with Crippen LogP contribution >= 0.6 is 0 Å². The molecule has 1 N–H and O–H groups in total. The van der Waals surface area contributed by atoms with Gasteiger partial charge in [0.25, 0.3) is 0 Å². The molecule has 2 aromatic carbocycles. The predicted octanol–water partition coefficient (Wildman–Crippen LogP) is 3.78. The zero-order valence-corrected chi connectivity index (χ0v) is 16.0. The van der Waals surface area contributed by atoms with Crippen LogP contribution in [0.4, 0.5) is 5.69 Å². The number of hydrogen-bond acceptors (Lipinski definition) is 5. The lowest BCUT2D eigenvalue weighted by molar-refractivity contribution is 0.600. The number of nitrogens with zero attached hydrogens (tertiary/aromatic N) is 2. The summed E-state index contributed by atoms with van der Waals surface area (Å²) in [7, 11) is -3.27. The van der Waals surface area contributed by atoms with Crippen LogP contribution in [0.25, 0.3) is 10.9 Å². The molecule has 0 saturated carbocycles. The summed E-state index contributed by atoms with van der Waals surface area (Å²) in [5.74, 6) is 0.0970. The monoisotopic (exact) mass is 377 g/mol. The minimum Gasteiger partial charge on any atom is -0.374 e. The molecular weight excluding hydrogens is 358 g/mol. The fraction of sp³-hybridized carbons (Fsp3) is 0.238. The summed E-state index contributed by atoms with van der Waals surface area (Å²) in [4.78, 5) is 4.74. The molecule has 0 fully saturated rings. The molecule has 0 amide bonds. The number of nitrogens with one attached hydrogen (secondary N) is 1. The summed E-state index contributed by atoms with van der Waals surface area (Å²) in [5.41, 5.74) is 3.11. The zero-order valence-electron chi connectivity index (χ0n) is 15.2. The highest BCUT2D eigenvalue weighted by Crippen LogP contribution is 2.39. The SMILES string of the molecule is CC(C)(Nc1c(C#N)cnc2ccc3c(c12)CCS3(=O)=O)c1ccccc1. The maximum absolute atomic E-state index is 12.4. The summed E-state index contributed by atoms with van der Waals surface area (Å²) in [5, 5.41) is 13.9. The number of aryl methyl sites for hydroxylation is 1. The van der Waals surface area contributed by atoms with Gasteiger partial charge in [0.05, 0.1) is 33.0 Å². The third-order valence-electron chi connectivity index (χ3n) is 5.11. The quantitative estimate of drug-likeness (QED) is 0.751. The molecule has 0 spiro atoms. The lowest BCUT2D eigenvalue weighted by atomic mass is 9.92. The summed E-state index contributed by atoms with van der Waals surface area (Å²) in [6.07, 6.45) is 1.98. The molecule has 1 aromatic heterocycles. The van der Waals surface area contributed by atoms with Crippen molar-refractivity contribution in [1.82, 2.24) is 4.98 Å². The summed E-state index contributed by atoms with van der Waals surface area (Å²) < 4.78 is 24.7. The summed E-state index contributed by atoms with van der Waals surface area (Å²) >= 11 is 0. The van der Waals surface area contributed by atoms with Crippen molar-refractivity contribution in [2.75, 3.05) is 11.1 Å². The highest BCUT2D eigenvalue weighted by Gasteiger charge is 2.31. The van der Waals surface area contributed by atoms with Crippen molar-refractivity contribution in [3.05, 3.63) is 65.4 Å². The van der Waals surface area contributed by atoms with Crippen LogP contribution in [0, 0.1) is 11.3 Å². The molecule has 0 aliphatic carbocycles. The molecule has 0 unspecified atom stereocenters. The second-order valence-electron chi connectivity index (χ2n) is 7.28. The van der Waals surface area contributed by atoms with E-state index >= 15 is 0 Å². The average Bonchev–Trinajstić information content (AvgIpc) is 2.97. The van der Waals surface area contributed by atoms with E-state index in [1.165, 1.54) is 0 Å². The van der Waals surface area contributed by atoms with E-state index in [4.69, 9.17) is 0 Å². The highest BCUT2D eigenvalue weighted by molar-refractivity contribution is 7.91. The van der Waals surface area contributed by atoms with Gasteiger partial charge in [0.1, 0.15) is 6.07 Å². The number of sulfone groups is 1. The third-order valence-corrected chi connectivity index (χ3v) is 6.90. The molecule has 0 radical (unpaired) electrons. The van der Waals surface area contributed by atoms with Gasteiger partial charge in [-0.15, -0.1) is 0 Å². The Labute approximate surface area is 158 Å². The molecule has 1 aliphatic heterocycles. The van der Waals surface area contributed by atoms with E-state index in [1.54, 1.807) is 18.3 Å². The van der Waals surface area contributed by atoms with Crippen molar-refractivity contribution >= 4 is 26.4 Å². The lowest BCUT2D eigenvalue weighted by Crippen LogP contribution is -2.28. The van der Waals surface area contributed by atoms with Crippen LogP contribution in [-0.4, -0.2) is 19.2 Å². The first-order valence-electron chi connectivity index (χ1n) is 8.75. The maximum atomic E-state index is 12.4.